The highest BCUT2D eigenvalue weighted by Gasteiger charge is 1.97. The van der Waals surface area contributed by atoms with Crippen LogP contribution in [-0.2, 0) is 4.79 Å². The van der Waals surface area contributed by atoms with Crippen LogP contribution in [0.4, 0.5) is 0 Å². The third-order valence-corrected chi connectivity index (χ3v) is 5.26. The quantitative estimate of drug-likeness (QED) is 0.0851. The minimum Gasteiger partial charge on any atom is -0.481 e. The third-order valence-electron chi connectivity index (χ3n) is 5.26. The van der Waals surface area contributed by atoms with E-state index >= 15 is 0 Å². The van der Waals surface area contributed by atoms with E-state index in [1.54, 1.807) is 0 Å². The summed E-state index contributed by atoms with van der Waals surface area (Å²) in [7, 11) is 0. The minimum absolute atomic E-state index is 0.345. The fourth-order valence-electron chi connectivity index (χ4n) is 2.82. The molecule has 0 amide bonds. The van der Waals surface area contributed by atoms with E-state index in [0.29, 0.717) is 6.42 Å². The molecule has 0 radical (unpaired) electrons. The molecule has 0 aliphatic rings. The van der Waals surface area contributed by atoms with Crippen molar-refractivity contribution in [2.45, 2.75) is 128 Å². The number of aliphatic carboxylic acids is 1. The van der Waals surface area contributed by atoms with Crippen molar-refractivity contribution in [1.29, 1.82) is 0 Å². The molecule has 234 valence electrons. The Morgan fingerprint density at radius 3 is 0.816 bits per heavy atom. The molecule has 0 bridgehead atoms. The van der Waals surface area contributed by atoms with Crippen LogP contribution in [0.2, 0.25) is 0 Å². The standard InChI is InChI=1S/C18H36O2.3C3H8O3/c1-2-3-4-5-6-7-8-9-10-11-12-13-14-15-16-17-18(19)20;3*4-1-3(6)2-5/h2-17H2,1H3,(H,19,20);3*3-6H,1-2H2. The fourth-order valence-corrected chi connectivity index (χ4v) is 2.82. The molecule has 0 aromatic rings. The smallest absolute Gasteiger partial charge is 0.303 e. The van der Waals surface area contributed by atoms with Gasteiger partial charge in [-0.15, -0.1) is 0 Å². The molecule has 0 saturated carbocycles. The van der Waals surface area contributed by atoms with E-state index in [1.807, 2.05) is 0 Å². The predicted molar refractivity (Wildman–Crippen MR) is 148 cm³/mol. The van der Waals surface area contributed by atoms with Gasteiger partial charge in [-0.1, -0.05) is 96.8 Å². The van der Waals surface area contributed by atoms with Gasteiger partial charge >= 0.3 is 5.97 Å². The Morgan fingerprint density at radius 1 is 0.447 bits per heavy atom. The number of hydrogen-bond donors (Lipinski definition) is 10. The van der Waals surface area contributed by atoms with Crippen molar-refractivity contribution in [3.05, 3.63) is 0 Å². The van der Waals surface area contributed by atoms with Crippen molar-refractivity contribution in [1.82, 2.24) is 0 Å². The SMILES string of the molecule is CCCCCCCCCCCCCCCCCC(=O)O.OCC(O)CO.OCC(O)CO.OCC(O)CO. The van der Waals surface area contributed by atoms with Crippen LogP contribution >= 0.6 is 0 Å². The van der Waals surface area contributed by atoms with Gasteiger partial charge in [0, 0.05) is 6.42 Å². The molecule has 0 aliphatic heterocycles. The van der Waals surface area contributed by atoms with Gasteiger partial charge in [0.1, 0.15) is 18.3 Å². The maximum atomic E-state index is 10.3. The zero-order chi connectivity index (χ0) is 29.9. The van der Waals surface area contributed by atoms with Gasteiger partial charge in [-0.05, 0) is 6.42 Å². The highest BCUT2D eigenvalue weighted by atomic mass is 16.4. The molecular formula is C27H60O11. The normalized spacial score (nSPS) is 10.4. The van der Waals surface area contributed by atoms with Crippen molar-refractivity contribution in [2.75, 3.05) is 39.6 Å². The van der Waals surface area contributed by atoms with Gasteiger partial charge in [-0.3, -0.25) is 4.79 Å². The molecule has 0 spiro atoms. The maximum absolute atomic E-state index is 10.3. The molecule has 10 N–H and O–H groups in total. The van der Waals surface area contributed by atoms with Gasteiger partial charge in [-0.25, -0.2) is 0 Å². The van der Waals surface area contributed by atoms with E-state index in [0.717, 1.165) is 12.8 Å². The summed E-state index contributed by atoms with van der Waals surface area (Å²) in [5, 5.41) is 80.6. The summed E-state index contributed by atoms with van der Waals surface area (Å²) in [5.74, 6) is -0.653. The van der Waals surface area contributed by atoms with Crippen LogP contribution in [0.1, 0.15) is 110 Å². The van der Waals surface area contributed by atoms with Gasteiger partial charge < -0.3 is 51.1 Å². The Hall–Kier alpha value is -0.890. The second-order valence-corrected chi connectivity index (χ2v) is 9.15. The molecule has 11 heteroatoms. The Bertz CT molecular complexity index is 379. The van der Waals surface area contributed by atoms with Crippen LogP contribution in [0.25, 0.3) is 0 Å². The Balaban J connectivity index is -0.000000259. The number of carbonyl (C=O) groups is 1. The first-order chi connectivity index (χ1) is 18.2. The van der Waals surface area contributed by atoms with Crippen LogP contribution in [0, 0.1) is 0 Å². The molecule has 0 atom stereocenters. The highest BCUT2D eigenvalue weighted by Crippen LogP contribution is 2.13. The molecule has 0 fully saturated rings. The average Bonchev–Trinajstić information content (AvgIpc) is 2.94. The molecule has 0 rings (SSSR count). The first kappa shape index (κ1) is 44.1. The number of aliphatic hydroxyl groups is 9. The van der Waals surface area contributed by atoms with Gasteiger partial charge in [0.2, 0.25) is 0 Å². The van der Waals surface area contributed by atoms with E-state index in [1.165, 1.54) is 83.5 Å². The van der Waals surface area contributed by atoms with Crippen LogP contribution in [0.3, 0.4) is 0 Å². The summed E-state index contributed by atoms with van der Waals surface area (Å²) in [6.07, 6.45) is 17.3. The first-order valence-corrected chi connectivity index (χ1v) is 14.1. The maximum Gasteiger partial charge on any atom is 0.303 e. The van der Waals surface area contributed by atoms with Crippen molar-refractivity contribution >= 4 is 5.97 Å². The van der Waals surface area contributed by atoms with Crippen molar-refractivity contribution in [2.24, 2.45) is 0 Å². The number of carboxylic acids is 1. The summed E-state index contributed by atoms with van der Waals surface area (Å²) in [4.78, 5) is 10.3. The summed E-state index contributed by atoms with van der Waals surface area (Å²) < 4.78 is 0. The summed E-state index contributed by atoms with van der Waals surface area (Å²) >= 11 is 0. The second-order valence-electron chi connectivity index (χ2n) is 9.15. The number of unbranched alkanes of at least 4 members (excludes halogenated alkanes) is 14. The molecular weight excluding hydrogens is 500 g/mol. The molecule has 11 nitrogen and oxygen atoms in total. The highest BCUT2D eigenvalue weighted by molar-refractivity contribution is 5.66. The summed E-state index contributed by atoms with van der Waals surface area (Å²) in [6, 6.07) is 0. The van der Waals surface area contributed by atoms with Crippen LogP contribution in [0.15, 0.2) is 0 Å². The van der Waals surface area contributed by atoms with E-state index in [2.05, 4.69) is 6.92 Å². The van der Waals surface area contributed by atoms with E-state index in [9.17, 15) is 4.79 Å². The lowest BCUT2D eigenvalue weighted by Crippen LogP contribution is -2.15. The van der Waals surface area contributed by atoms with E-state index in [4.69, 9.17) is 51.1 Å². The fraction of sp³-hybridized carbons (Fsp3) is 0.963. The lowest BCUT2D eigenvalue weighted by molar-refractivity contribution is -0.137. The number of carboxylic acid groups (broad SMARTS) is 1. The zero-order valence-electron chi connectivity index (χ0n) is 23.7. The van der Waals surface area contributed by atoms with Crippen molar-refractivity contribution in [3.8, 4) is 0 Å². The first-order valence-electron chi connectivity index (χ1n) is 14.1. The minimum atomic E-state index is -0.954. The van der Waals surface area contributed by atoms with Crippen molar-refractivity contribution in [3.63, 3.8) is 0 Å². The van der Waals surface area contributed by atoms with Gasteiger partial charge in [0.15, 0.2) is 0 Å². The molecule has 0 heterocycles. The Morgan fingerprint density at radius 2 is 0.658 bits per heavy atom. The monoisotopic (exact) mass is 560 g/mol. The lowest BCUT2D eigenvalue weighted by atomic mass is 10.0. The average molecular weight is 561 g/mol. The lowest BCUT2D eigenvalue weighted by Gasteiger charge is -2.03. The molecule has 0 aliphatic carbocycles. The topological polar surface area (TPSA) is 219 Å². The van der Waals surface area contributed by atoms with E-state index in [-0.39, 0.29) is 39.6 Å². The molecule has 0 unspecified atom stereocenters. The molecule has 38 heavy (non-hydrogen) atoms. The van der Waals surface area contributed by atoms with Crippen LogP contribution in [0.5, 0.6) is 0 Å². The number of aliphatic hydroxyl groups excluding tert-OH is 9. The van der Waals surface area contributed by atoms with Gasteiger partial charge in [0.25, 0.3) is 0 Å². The van der Waals surface area contributed by atoms with Crippen LogP contribution in [-0.4, -0.2) is 115 Å². The van der Waals surface area contributed by atoms with Gasteiger partial charge in [0.05, 0.1) is 39.6 Å². The van der Waals surface area contributed by atoms with Crippen LogP contribution < -0.4 is 0 Å². The molecule has 0 saturated heterocycles. The summed E-state index contributed by atoms with van der Waals surface area (Å²) in [6.45, 7) is 0.0825. The predicted octanol–water partition coefficient (Wildman–Crippen LogP) is 1.33. The largest absolute Gasteiger partial charge is 0.481 e. The van der Waals surface area contributed by atoms with Gasteiger partial charge in [-0.2, -0.15) is 0 Å². The third kappa shape index (κ3) is 51.7. The Labute approximate surface area is 229 Å². The number of hydrogen-bond acceptors (Lipinski definition) is 10. The van der Waals surface area contributed by atoms with Crippen molar-refractivity contribution < 1.29 is 55.9 Å². The Kier molecular flexibility index (Phi) is 47.2. The summed E-state index contributed by atoms with van der Waals surface area (Å²) in [5.41, 5.74) is 0. The van der Waals surface area contributed by atoms with E-state index < -0.39 is 24.3 Å². The zero-order valence-corrected chi connectivity index (χ0v) is 23.7. The molecule has 0 aromatic heterocycles. The number of rotatable bonds is 22. The molecule has 0 aromatic carbocycles. The second kappa shape index (κ2) is 40.6.